The van der Waals surface area contributed by atoms with Gasteiger partial charge in [-0.25, -0.2) is 9.37 Å². The summed E-state index contributed by atoms with van der Waals surface area (Å²) in [5.41, 5.74) is 2.91. The van der Waals surface area contributed by atoms with Crippen LogP contribution in [0.4, 0.5) is 10.1 Å². The molecule has 3 heterocycles. The van der Waals surface area contributed by atoms with E-state index in [0.717, 1.165) is 5.69 Å². The summed E-state index contributed by atoms with van der Waals surface area (Å²) in [7, 11) is 0. The van der Waals surface area contributed by atoms with Crippen LogP contribution >= 0.6 is 11.6 Å². The van der Waals surface area contributed by atoms with E-state index in [0.29, 0.717) is 48.2 Å². The average molecular weight is 373 g/mol. The molecule has 1 aliphatic heterocycles. The van der Waals surface area contributed by atoms with Gasteiger partial charge in [-0.15, -0.1) is 0 Å². The molecule has 0 N–H and O–H groups in total. The minimum atomic E-state index is -0.245. The van der Waals surface area contributed by atoms with Crippen LogP contribution in [0.5, 0.6) is 0 Å². The number of amides is 1. The monoisotopic (exact) mass is 372 g/mol. The smallest absolute Gasteiger partial charge is 0.272 e. The molecular formula is C19H18ClFN4O. The van der Waals surface area contributed by atoms with Gasteiger partial charge in [0.05, 0.1) is 5.69 Å². The number of carbonyl (C=O) groups excluding carboxylic acids is 1. The average Bonchev–Trinajstić information content (AvgIpc) is 2.96. The summed E-state index contributed by atoms with van der Waals surface area (Å²) < 4.78 is 14.9. The molecule has 134 valence electrons. The van der Waals surface area contributed by atoms with Crippen molar-refractivity contribution >= 4 is 28.8 Å². The Kier molecular flexibility index (Phi) is 4.28. The van der Waals surface area contributed by atoms with Gasteiger partial charge in [0.1, 0.15) is 17.2 Å². The topological polar surface area (TPSA) is 40.9 Å². The second-order valence-corrected chi connectivity index (χ2v) is 6.81. The van der Waals surface area contributed by atoms with Gasteiger partial charge in [0.15, 0.2) is 0 Å². The summed E-state index contributed by atoms with van der Waals surface area (Å²) in [5, 5.41) is 0.592. The van der Waals surface area contributed by atoms with Crippen molar-refractivity contribution in [3.05, 3.63) is 64.8 Å². The zero-order valence-corrected chi connectivity index (χ0v) is 15.1. The first-order chi connectivity index (χ1) is 12.5. The lowest BCUT2D eigenvalue weighted by Gasteiger charge is -2.36. The molecule has 3 aromatic rings. The number of benzene rings is 1. The molecule has 1 saturated heterocycles. The molecule has 1 fully saturated rings. The highest BCUT2D eigenvalue weighted by Crippen LogP contribution is 2.21. The SMILES string of the molecule is Cc1nc2cc(Cl)ccn2c1C(=O)N1CCN(c2ccc(F)cc2)CC1. The maximum atomic E-state index is 13.1. The van der Waals surface area contributed by atoms with E-state index in [9.17, 15) is 9.18 Å². The first kappa shape index (κ1) is 16.8. The van der Waals surface area contributed by atoms with Gasteiger partial charge >= 0.3 is 0 Å². The summed E-state index contributed by atoms with van der Waals surface area (Å²) in [6.45, 7) is 4.47. The summed E-state index contributed by atoms with van der Waals surface area (Å²) >= 11 is 6.01. The number of aryl methyl sites for hydroxylation is 1. The van der Waals surface area contributed by atoms with Crippen molar-refractivity contribution in [3.8, 4) is 0 Å². The lowest BCUT2D eigenvalue weighted by molar-refractivity contribution is 0.0739. The molecule has 0 bridgehead atoms. The number of aromatic nitrogens is 2. The molecule has 7 heteroatoms. The third-order valence-electron chi connectivity index (χ3n) is 4.72. The number of anilines is 1. The van der Waals surface area contributed by atoms with Gasteiger partial charge in [0.25, 0.3) is 5.91 Å². The predicted octanol–water partition coefficient (Wildman–Crippen LogP) is 3.40. The molecule has 26 heavy (non-hydrogen) atoms. The summed E-state index contributed by atoms with van der Waals surface area (Å²) in [6.07, 6.45) is 1.78. The summed E-state index contributed by atoms with van der Waals surface area (Å²) in [6, 6.07) is 9.95. The van der Waals surface area contributed by atoms with Crippen molar-refractivity contribution in [2.24, 2.45) is 0 Å². The largest absolute Gasteiger partial charge is 0.368 e. The Morgan fingerprint density at radius 3 is 2.50 bits per heavy atom. The standard InChI is InChI=1S/C19H18ClFN4O/c1-13-18(25-7-6-14(20)12-17(25)22-13)19(26)24-10-8-23(9-11-24)16-4-2-15(21)3-5-16/h2-7,12H,8-11H2,1H3. The van der Waals surface area contributed by atoms with Crippen molar-refractivity contribution in [2.45, 2.75) is 6.92 Å². The number of fused-ring (bicyclic) bond motifs is 1. The molecule has 2 aromatic heterocycles. The first-order valence-electron chi connectivity index (χ1n) is 8.47. The van der Waals surface area contributed by atoms with Crippen molar-refractivity contribution in [1.29, 1.82) is 0 Å². The maximum absolute atomic E-state index is 13.1. The zero-order valence-electron chi connectivity index (χ0n) is 14.3. The molecule has 4 rings (SSSR count). The second-order valence-electron chi connectivity index (χ2n) is 6.37. The fourth-order valence-electron chi connectivity index (χ4n) is 3.36. The lowest BCUT2D eigenvalue weighted by Crippen LogP contribution is -2.49. The second kappa shape index (κ2) is 6.61. The molecule has 1 aromatic carbocycles. The van der Waals surface area contributed by atoms with Gasteiger partial charge in [-0.2, -0.15) is 0 Å². The van der Waals surface area contributed by atoms with Gasteiger partial charge in [0.2, 0.25) is 0 Å². The normalized spacial score (nSPS) is 14.9. The Morgan fingerprint density at radius 1 is 1.12 bits per heavy atom. The van der Waals surface area contributed by atoms with Crippen molar-refractivity contribution in [3.63, 3.8) is 0 Å². The number of hydrogen-bond donors (Lipinski definition) is 0. The minimum Gasteiger partial charge on any atom is -0.368 e. The summed E-state index contributed by atoms with van der Waals surface area (Å²) in [4.78, 5) is 21.5. The molecule has 1 aliphatic rings. The number of piperazine rings is 1. The highest BCUT2D eigenvalue weighted by Gasteiger charge is 2.26. The number of carbonyl (C=O) groups is 1. The third kappa shape index (κ3) is 3.01. The van der Waals surface area contributed by atoms with Gasteiger partial charge < -0.3 is 9.80 Å². The summed E-state index contributed by atoms with van der Waals surface area (Å²) in [5.74, 6) is -0.276. The van der Waals surface area contributed by atoms with Crippen LogP contribution in [0.1, 0.15) is 16.2 Å². The quantitative estimate of drug-likeness (QED) is 0.692. The molecular weight excluding hydrogens is 355 g/mol. The van der Waals surface area contributed by atoms with Crippen LogP contribution in [0.15, 0.2) is 42.6 Å². The van der Waals surface area contributed by atoms with E-state index >= 15 is 0 Å². The fourth-order valence-corrected chi connectivity index (χ4v) is 3.52. The number of pyridine rings is 1. The van der Waals surface area contributed by atoms with Gasteiger partial charge in [-0.3, -0.25) is 9.20 Å². The number of imidazole rings is 1. The van der Waals surface area contributed by atoms with E-state index in [1.165, 1.54) is 12.1 Å². The van der Waals surface area contributed by atoms with Crippen LogP contribution in [0.2, 0.25) is 5.02 Å². The van der Waals surface area contributed by atoms with Crippen molar-refractivity contribution in [1.82, 2.24) is 14.3 Å². The van der Waals surface area contributed by atoms with E-state index in [2.05, 4.69) is 9.88 Å². The third-order valence-corrected chi connectivity index (χ3v) is 4.96. The molecule has 0 unspecified atom stereocenters. The van der Waals surface area contributed by atoms with Gasteiger partial charge in [-0.05, 0) is 37.3 Å². The number of halogens is 2. The Labute approximate surface area is 155 Å². The highest BCUT2D eigenvalue weighted by molar-refractivity contribution is 6.30. The van der Waals surface area contributed by atoms with Crippen LogP contribution < -0.4 is 4.90 Å². The maximum Gasteiger partial charge on any atom is 0.272 e. The van der Waals surface area contributed by atoms with Crippen LogP contribution in [0.3, 0.4) is 0 Å². The molecule has 1 amide bonds. The van der Waals surface area contributed by atoms with Crippen LogP contribution in [0.25, 0.3) is 5.65 Å². The molecule has 0 saturated carbocycles. The zero-order chi connectivity index (χ0) is 18.3. The van der Waals surface area contributed by atoms with Crippen molar-refractivity contribution in [2.75, 3.05) is 31.1 Å². The number of rotatable bonds is 2. The van der Waals surface area contributed by atoms with E-state index in [-0.39, 0.29) is 11.7 Å². The fraction of sp³-hybridized carbons (Fsp3) is 0.263. The molecule has 0 atom stereocenters. The Morgan fingerprint density at radius 2 is 1.81 bits per heavy atom. The minimum absolute atomic E-state index is 0.0314. The van der Waals surface area contributed by atoms with Crippen molar-refractivity contribution < 1.29 is 9.18 Å². The van der Waals surface area contributed by atoms with Gasteiger partial charge in [-0.1, -0.05) is 11.6 Å². The first-order valence-corrected chi connectivity index (χ1v) is 8.85. The Hall–Kier alpha value is -2.60. The lowest BCUT2D eigenvalue weighted by atomic mass is 10.2. The van der Waals surface area contributed by atoms with E-state index in [1.54, 1.807) is 34.9 Å². The van der Waals surface area contributed by atoms with Crippen LogP contribution in [0, 0.1) is 12.7 Å². The van der Waals surface area contributed by atoms with Crippen LogP contribution in [-0.2, 0) is 0 Å². The molecule has 5 nitrogen and oxygen atoms in total. The number of nitrogens with zero attached hydrogens (tertiary/aromatic N) is 4. The number of hydrogen-bond acceptors (Lipinski definition) is 3. The predicted molar refractivity (Wildman–Crippen MR) is 99.5 cm³/mol. The van der Waals surface area contributed by atoms with E-state index in [1.807, 2.05) is 11.8 Å². The Bertz CT molecular complexity index is 962. The molecule has 0 radical (unpaired) electrons. The van der Waals surface area contributed by atoms with Gasteiger partial charge in [0, 0.05) is 49.2 Å². The van der Waals surface area contributed by atoms with E-state index < -0.39 is 0 Å². The molecule has 0 spiro atoms. The molecule has 0 aliphatic carbocycles. The highest BCUT2D eigenvalue weighted by atomic mass is 35.5. The Balaban J connectivity index is 1.52. The van der Waals surface area contributed by atoms with E-state index in [4.69, 9.17) is 11.6 Å². The van der Waals surface area contributed by atoms with Crippen LogP contribution in [-0.4, -0.2) is 46.4 Å².